The van der Waals surface area contributed by atoms with Gasteiger partial charge < -0.3 is 10.1 Å². The van der Waals surface area contributed by atoms with Gasteiger partial charge in [-0.25, -0.2) is 0 Å². The summed E-state index contributed by atoms with van der Waals surface area (Å²) in [5.41, 5.74) is 0. The van der Waals surface area contributed by atoms with Crippen LogP contribution in [0, 0.1) is 0 Å². The second-order valence-electron chi connectivity index (χ2n) is 3.26. The molecule has 0 fully saturated rings. The van der Waals surface area contributed by atoms with Crippen LogP contribution in [0.25, 0.3) is 0 Å². The molecule has 0 radical (unpaired) electrons. The summed E-state index contributed by atoms with van der Waals surface area (Å²) in [4.78, 5) is 13.5. The van der Waals surface area contributed by atoms with Gasteiger partial charge in [0, 0.05) is 13.1 Å². The minimum Gasteiger partial charge on any atom is -0.465 e. The normalized spacial score (nSPS) is 12.9. The van der Waals surface area contributed by atoms with Crippen molar-refractivity contribution in [2.75, 3.05) is 33.8 Å². The number of nitrogens with zero attached hydrogens (tertiary/aromatic N) is 1. The van der Waals surface area contributed by atoms with E-state index in [2.05, 4.69) is 5.32 Å². The zero-order valence-corrected chi connectivity index (χ0v) is 9.67. The Hall–Kier alpha value is -0.610. The van der Waals surface area contributed by atoms with Crippen molar-refractivity contribution in [1.29, 1.82) is 0 Å². The number of rotatable bonds is 7. The Morgan fingerprint density at radius 2 is 2.14 bits per heavy atom. The SMILES string of the molecule is CCOC(=O)C(CC)N(C)CCNC. The van der Waals surface area contributed by atoms with E-state index in [1.807, 2.05) is 32.8 Å². The number of hydrogen-bond donors (Lipinski definition) is 1. The Kier molecular flexibility index (Phi) is 7.42. The summed E-state index contributed by atoms with van der Waals surface area (Å²) in [6, 6.07) is -0.108. The van der Waals surface area contributed by atoms with Gasteiger partial charge in [-0.3, -0.25) is 9.69 Å². The van der Waals surface area contributed by atoms with Crippen molar-refractivity contribution in [1.82, 2.24) is 10.2 Å². The first-order chi connectivity index (χ1) is 6.67. The molecule has 0 saturated heterocycles. The highest BCUT2D eigenvalue weighted by atomic mass is 16.5. The van der Waals surface area contributed by atoms with Crippen molar-refractivity contribution >= 4 is 5.97 Å². The van der Waals surface area contributed by atoms with Gasteiger partial charge in [-0.2, -0.15) is 0 Å². The molecule has 0 aliphatic rings. The minimum atomic E-state index is -0.117. The Labute approximate surface area is 86.6 Å². The van der Waals surface area contributed by atoms with Gasteiger partial charge in [0.2, 0.25) is 0 Å². The van der Waals surface area contributed by atoms with Crippen LogP contribution in [0.3, 0.4) is 0 Å². The van der Waals surface area contributed by atoms with Gasteiger partial charge in [0.1, 0.15) is 6.04 Å². The molecule has 0 aromatic carbocycles. The molecule has 0 spiro atoms. The van der Waals surface area contributed by atoms with Crippen LogP contribution in [0.15, 0.2) is 0 Å². The second kappa shape index (κ2) is 7.76. The predicted molar refractivity (Wildman–Crippen MR) is 57.3 cm³/mol. The van der Waals surface area contributed by atoms with Gasteiger partial charge in [0.15, 0.2) is 0 Å². The predicted octanol–water partition coefficient (Wildman–Crippen LogP) is 0.479. The Morgan fingerprint density at radius 1 is 1.50 bits per heavy atom. The molecule has 0 aliphatic carbocycles. The minimum absolute atomic E-state index is 0.108. The third-order valence-electron chi connectivity index (χ3n) is 2.19. The fourth-order valence-corrected chi connectivity index (χ4v) is 1.34. The van der Waals surface area contributed by atoms with E-state index in [-0.39, 0.29) is 12.0 Å². The van der Waals surface area contributed by atoms with Crippen LogP contribution in [0.1, 0.15) is 20.3 Å². The molecule has 0 aromatic rings. The first-order valence-electron chi connectivity index (χ1n) is 5.18. The van der Waals surface area contributed by atoms with E-state index >= 15 is 0 Å². The quantitative estimate of drug-likeness (QED) is 0.610. The van der Waals surface area contributed by atoms with Gasteiger partial charge in [-0.1, -0.05) is 6.92 Å². The average molecular weight is 202 g/mol. The molecule has 0 heterocycles. The Bertz CT molecular complexity index is 162. The molecule has 0 saturated carbocycles. The molecule has 1 unspecified atom stereocenters. The Morgan fingerprint density at radius 3 is 2.57 bits per heavy atom. The van der Waals surface area contributed by atoms with Crippen LogP contribution in [0.4, 0.5) is 0 Å². The second-order valence-corrected chi connectivity index (χ2v) is 3.26. The fraction of sp³-hybridized carbons (Fsp3) is 0.900. The van der Waals surface area contributed by atoms with E-state index in [9.17, 15) is 4.79 Å². The van der Waals surface area contributed by atoms with Crippen LogP contribution in [0.5, 0.6) is 0 Å². The first-order valence-corrected chi connectivity index (χ1v) is 5.18. The van der Waals surface area contributed by atoms with Crippen molar-refractivity contribution in [3.05, 3.63) is 0 Å². The van der Waals surface area contributed by atoms with Crippen LogP contribution >= 0.6 is 0 Å². The number of ether oxygens (including phenoxy) is 1. The summed E-state index contributed by atoms with van der Waals surface area (Å²) < 4.78 is 5.00. The maximum Gasteiger partial charge on any atom is 0.323 e. The van der Waals surface area contributed by atoms with Crippen molar-refractivity contribution < 1.29 is 9.53 Å². The van der Waals surface area contributed by atoms with Crippen molar-refractivity contribution in [3.63, 3.8) is 0 Å². The number of likely N-dealkylation sites (N-methyl/N-ethyl adjacent to an activating group) is 2. The molecule has 0 amide bonds. The average Bonchev–Trinajstić information content (AvgIpc) is 2.16. The van der Waals surface area contributed by atoms with Gasteiger partial charge in [-0.05, 0) is 27.4 Å². The molecule has 84 valence electrons. The van der Waals surface area contributed by atoms with E-state index in [4.69, 9.17) is 4.74 Å². The Balaban J connectivity index is 4.03. The maximum atomic E-state index is 11.5. The number of nitrogens with one attached hydrogen (secondary N) is 1. The van der Waals surface area contributed by atoms with E-state index in [0.717, 1.165) is 19.5 Å². The monoisotopic (exact) mass is 202 g/mol. The summed E-state index contributed by atoms with van der Waals surface area (Å²) >= 11 is 0. The third kappa shape index (κ3) is 4.58. The molecule has 14 heavy (non-hydrogen) atoms. The summed E-state index contributed by atoms with van der Waals surface area (Å²) in [6.07, 6.45) is 0.791. The highest BCUT2D eigenvalue weighted by Crippen LogP contribution is 2.03. The highest BCUT2D eigenvalue weighted by molar-refractivity contribution is 5.75. The van der Waals surface area contributed by atoms with Gasteiger partial charge in [-0.15, -0.1) is 0 Å². The van der Waals surface area contributed by atoms with Crippen LogP contribution in [-0.2, 0) is 9.53 Å². The lowest BCUT2D eigenvalue weighted by Crippen LogP contribution is -2.42. The third-order valence-corrected chi connectivity index (χ3v) is 2.19. The van der Waals surface area contributed by atoms with E-state index in [0.29, 0.717) is 6.61 Å². The molecule has 0 bridgehead atoms. The smallest absolute Gasteiger partial charge is 0.323 e. The van der Waals surface area contributed by atoms with Crippen LogP contribution in [-0.4, -0.2) is 50.7 Å². The van der Waals surface area contributed by atoms with E-state index in [1.54, 1.807) is 0 Å². The topological polar surface area (TPSA) is 41.6 Å². The largest absolute Gasteiger partial charge is 0.465 e. The van der Waals surface area contributed by atoms with E-state index < -0.39 is 0 Å². The van der Waals surface area contributed by atoms with Crippen molar-refractivity contribution in [2.45, 2.75) is 26.3 Å². The standard InChI is InChI=1S/C10H22N2O2/c1-5-9(10(13)14-6-2)12(4)8-7-11-3/h9,11H,5-8H2,1-4H3. The van der Waals surface area contributed by atoms with Gasteiger partial charge in [0.05, 0.1) is 6.61 Å². The number of hydrogen-bond acceptors (Lipinski definition) is 4. The lowest BCUT2D eigenvalue weighted by molar-refractivity contribution is -0.149. The fourth-order valence-electron chi connectivity index (χ4n) is 1.34. The molecule has 4 nitrogen and oxygen atoms in total. The van der Waals surface area contributed by atoms with Crippen molar-refractivity contribution in [2.24, 2.45) is 0 Å². The summed E-state index contributed by atoms with van der Waals surface area (Å²) in [7, 11) is 3.85. The van der Waals surface area contributed by atoms with Crippen molar-refractivity contribution in [3.8, 4) is 0 Å². The molecule has 1 N–H and O–H groups in total. The molecule has 0 rings (SSSR count). The summed E-state index contributed by atoms with van der Waals surface area (Å²) in [5, 5.41) is 3.05. The number of carbonyl (C=O) groups is 1. The number of esters is 1. The van der Waals surface area contributed by atoms with Gasteiger partial charge >= 0.3 is 5.97 Å². The molecule has 4 heteroatoms. The van der Waals surface area contributed by atoms with E-state index in [1.165, 1.54) is 0 Å². The molecule has 0 aliphatic heterocycles. The maximum absolute atomic E-state index is 11.5. The molecule has 0 aromatic heterocycles. The zero-order chi connectivity index (χ0) is 11.0. The molecule has 1 atom stereocenters. The summed E-state index contributed by atoms with van der Waals surface area (Å²) in [5.74, 6) is -0.117. The zero-order valence-electron chi connectivity index (χ0n) is 9.67. The molecular formula is C10H22N2O2. The lowest BCUT2D eigenvalue weighted by atomic mass is 10.2. The number of carbonyl (C=O) groups excluding carboxylic acids is 1. The lowest BCUT2D eigenvalue weighted by Gasteiger charge is -2.24. The summed E-state index contributed by atoms with van der Waals surface area (Å²) in [6.45, 7) is 6.02. The molecular weight excluding hydrogens is 180 g/mol. The highest BCUT2D eigenvalue weighted by Gasteiger charge is 2.21. The van der Waals surface area contributed by atoms with Crippen LogP contribution in [0.2, 0.25) is 0 Å². The van der Waals surface area contributed by atoms with Gasteiger partial charge in [0.25, 0.3) is 0 Å². The first kappa shape index (κ1) is 13.4. The van der Waals surface area contributed by atoms with Crippen LogP contribution < -0.4 is 5.32 Å².